The van der Waals surface area contributed by atoms with Crippen molar-refractivity contribution < 1.29 is 9.90 Å². The van der Waals surface area contributed by atoms with Crippen molar-refractivity contribution in [2.75, 3.05) is 6.54 Å². The second-order valence-electron chi connectivity index (χ2n) is 4.38. The van der Waals surface area contributed by atoms with E-state index in [1.165, 1.54) is 19.3 Å². The summed E-state index contributed by atoms with van der Waals surface area (Å²) in [5.74, 6) is 0.718. The molecule has 0 aromatic carbocycles. The summed E-state index contributed by atoms with van der Waals surface area (Å²) in [6.45, 7) is 5.04. The van der Waals surface area contributed by atoms with E-state index < -0.39 is 5.97 Å². The van der Waals surface area contributed by atoms with Crippen LogP contribution < -0.4 is 5.32 Å². The van der Waals surface area contributed by atoms with E-state index in [2.05, 4.69) is 12.2 Å². The monoisotopic (exact) mass is 199 g/mol. The SMILES string of the molecule is CCC(NCC1CCCC1C)C(=O)O. The average Bonchev–Trinajstić information content (AvgIpc) is 2.52. The van der Waals surface area contributed by atoms with Crippen LogP contribution in [0.4, 0.5) is 0 Å². The van der Waals surface area contributed by atoms with Crippen LogP contribution in [0.3, 0.4) is 0 Å². The number of carboxylic acids is 1. The lowest BCUT2D eigenvalue weighted by atomic mass is 9.98. The van der Waals surface area contributed by atoms with Crippen molar-refractivity contribution in [1.29, 1.82) is 0 Å². The van der Waals surface area contributed by atoms with Crippen LogP contribution >= 0.6 is 0 Å². The molecule has 2 N–H and O–H groups in total. The fourth-order valence-corrected chi connectivity index (χ4v) is 2.23. The summed E-state index contributed by atoms with van der Waals surface area (Å²) >= 11 is 0. The maximum atomic E-state index is 10.8. The summed E-state index contributed by atoms with van der Waals surface area (Å²) in [7, 11) is 0. The molecule has 3 nitrogen and oxygen atoms in total. The van der Waals surface area contributed by atoms with E-state index in [4.69, 9.17) is 5.11 Å². The van der Waals surface area contributed by atoms with Gasteiger partial charge in [0.1, 0.15) is 6.04 Å². The molecule has 3 atom stereocenters. The molecule has 0 heterocycles. The molecule has 0 aromatic rings. The molecular formula is C11H21NO2. The average molecular weight is 199 g/mol. The molecule has 0 spiro atoms. The predicted molar refractivity (Wildman–Crippen MR) is 56.2 cm³/mol. The van der Waals surface area contributed by atoms with Crippen molar-refractivity contribution in [3.8, 4) is 0 Å². The van der Waals surface area contributed by atoms with Crippen molar-refractivity contribution in [1.82, 2.24) is 5.32 Å². The van der Waals surface area contributed by atoms with Crippen LogP contribution in [-0.4, -0.2) is 23.7 Å². The molecule has 0 saturated heterocycles. The number of aliphatic carboxylic acids is 1. The quantitative estimate of drug-likeness (QED) is 0.710. The normalized spacial score (nSPS) is 29.0. The zero-order valence-electron chi connectivity index (χ0n) is 9.12. The highest BCUT2D eigenvalue weighted by molar-refractivity contribution is 5.73. The number of nitrogens with one attached hydrogen (secondary N) is 1. The van der Waals surface area contributed by atoms with Gasteiger partial charge in [-0.2, -0.15) is 0 Å². The second-order valence-corrected chi connectivity index (χ2v) is 4.38. The first kappa shape index (κ1) is 11.5. The van der Waals surface area contributed by atoms with Crippen LogP contribution in [0.1, 0.15) is 39.5 Å². The van der Waals surface area contributed by atoms with Gasteiger partial charge in [-0.3, -0.25) is 4.79 Å². The molecule has 1 fully saturated rings. The molecule has 0 aliphatic heterocycles. The minimum absolute atomic E-state index is 0.359. The Bertz CT molecular complexity index is 194. The fourth-order valence-electron chi connectivity index (χ4n) is 2.23. The van der Waals surface area contributed by atoms with Gasteiger partial charge < -0.3 is 10.4 Å². The van der Waals surface area contributed by atoms with E-state index in [1.807, 2.05) is 6.92 Å². The third-order valence-electron chi connectivity index (χ3n) is 3.37. The second kappa shape index (κ2) is 5.35. The van der Waals surface area contributed by atoms with Gasteiger partial charge in [0.2, 0.25) is 0 Å². The molecule has 14 heavy (non-hydrogen) atoms. The van der Waals surface area contributed by atoms with Gasteiger partial charge in [-0.05, 0) is 31.2 Å². The van der Waals surface area contributed by atoms with Gasteiger partial charge in [-0.15, -0.1) is 0 Å². The lowest BCUT2D eigenvalue weighted by Gasteiger charge is -2.19. The summed E-state index contributed by atoms with van der Waals surface area (Å²) in [6.07, 6.45) is 4.52. The Morgan fingerprint density at radius 1 is 1.57 bits per heavy atom. The summed E-state index contributed by atoms with van der Waals surface area (Å²) in [5.41, 5.74) is 0. The minimum atomic E-state index is -0.724. The molecule has 1 aliphatic carbocycles. The number of hydrogen-bond acceptors (Lipinski definition) is 2. The molecule has 0 aromatic heterocycles. The number of rotatable bonds is 5. The highest BCUT2D eigenvalue weighted by Gasteiger charge is 2.24. The number of hydrogen-bond donors (Lipinski definition) is 2. The molecule has 0 radical (unpaired) electrons. The van der Waals surface area contributed by atoms with Crippen molar-refractivity contribution >= 4 is 5.97 Å². The Labute approximate surface area is 85.9 Å². The predicted octanol–water partition coefficient (Wildman–Crippen LogP) is 1.88. The van der Waals surface area contributed by atoms with Crippen LogP contribution in [0.2, 0.25) is 0 Å². The topological polar surface area (TPSA) is 49.3 Å². The summed E-state index contributed by atoms with van der Waals surface area (Å²) in [6, 6.07) is -0.359. The van der Waals surface area contributed by atoms with E-state index in [1.54, 1.807) is 0 Å². The lowest BCUT2D eigenvalue weighted by Crippen LogP contribution is -2.39. The van der Waals surface area contributed by atoms with Crippen molar-refractivity contribution in [3.05, 3.63) is 0 Å². The maximum Gasteiger partial charge on any atom is 0.320 e. The van der Waals surface area contributed by atoms with Gasteiger partial charge in [-0.25, -0.2) is 0 Å². The Morgan fingerprint density at radius 2 is 2.29 bits per heavy atom. The third-order valence-corrected chi connectivity index (χ3v) is 3.37. The van der Waals surface area contributed by atoms with Crippen LogP contribution in [0, 0.1) is 11.8 Å². The van der Waals surface area contributed by atoms with Gasteiger partial charge in [0.25, 0.3) is 0 Å². The number of carbonyl (C=O) groups is 1. The van der Waals surface area contributed by atoms with E-state index in [9.17, 15) is 4.79 Å². The molecule has 0 bridgehead atoms. The Kier molecular flexibility index (Phi) is 4.39. The first-order valence-electron chi connectivity index (χ1n) is 5.61. The molecular weight excluding hydrogens is 178 g/mol. The van der Waals surface area contributed by atoms with Crippen LogP contribution in [-0.2, 0) is 4.79 Å². The zero-order chi connectivity index (χ0) is 10.6. The van der Waals surface area contributed by atoms with E-state index in [0.717, 1.165) is 12.5 Å². The van der Waals surface area contributed by atoms with Gasteiger partial charge >= 0.3 is 5.97 Å². The standard InChI is InChI=1S/C11H21NO2/c1-3-10(11(13)14)12-7-9-6-4-5-8(9)2/h8-10,12H,3-7H2,1-2H3,(H,13,14). The summed E-state index contributed by atoms with van der Waals surface area (Å²) in [4.78, 5) is 10.8. The highest BCUT2D eigenvalue weighted by atomic mass is 16.4. The number of carboxylic acid groups (broad SMARTS) is 1. The van der Waals surface area contributed by atoms with E-state index >= 15 is 0 Å². The fraction of sp³-hybridized carbons (Fsp3) is 0.909. The van der Waals surface area contributed by atoms with Crippen molar-refractivity contribution in [2.24, 2.45) is 11.8 Å². The summed E-state index contributed by atoms with van der Waals surface area (Å²) < 4.78 is 0. The summed E-state index contributed by atoms with van der Waals surface area (Å²) in [5, 5.41) is 12.0. The molecule has 3 unspecified atom stereocenters. The maximum absolute atomic E-state index is 10.8. The lowest BCUT2D eigenvalue weighted by molar-refractivity contribution is -0.139. The first-order chi connectivity index (χ1) is 6.65. The minimum Gasteiger partial charge on any atom is -0.480 e. The zero-order valence-corrected chi connectivity index (χ0v) is 9.12. The van der Waals surface area contributed by atoms with Gasteiger partial charge in [0.05, 0.1) is 0 Å². The van der Waals surface area contributed by atoms with Crippen LogP contribution in [0.5, 0.6) is 0 Å². The third kappa shape index (κ3) is 2.98. The van der Waals surface area contributed by atoms with Crippen LogP contribution in [0.25, 0.3) is 0 Å². The Balaban J connectivity index is 2.27. The van der Waals surface area contributed by atoms with Crippen molar-refractivity contribution in [3.63, 3.8) is 0 Å². The largest absolute Gasteiger partial charge is 0.480 e. The molecule has 1 rings (SSSR count). The van der Waals surface area contributed by atoms with Crippen molar-refractivity contribution in [2.45, 2.75) is 45.6 Å². The van der Waals surface area contributed by atoms with Crippen LogP contribution in [0.15, 0.2) is 0 Å². The molecule has 0 amide bonds. The Morgan fingerprint density at radius 3 is 2.71 bits per heavy atom. The van der Waals surface area contributed by atoms with Gasteiger partial charge in [0.15, 0.2) is 0 Å². The van der Waals surface area contributed by atoms with E-state index in [0.29, 0.717) is 12.3 Å². The molecule has 3 heteroatoms. The highest BCUT2D eigenvalue weighted by Crippen LogP contribution is 2.30. The smallest absolute Gasteiger partial charge is 0.320 e. The first-order valence-corrected chi connectivity index (χ1v) is 5.61. The molecule has 1 saturated carbocycles. The van der Waals surface area contributed by atoms with Gasteiger partial charge in [-0.1, -0.05) is 26.7 Å². The Hall–Kier alpha value is -0.570. The van der Waals surface area contributed by atoms with Gasteiger partial charge in [0, 0.05) is 0 Å². The van der Waals surface area contributed by atoms with E-state index in [-0.39, 0.29) is 6.04 Å². The molecule has 1 aliphatic rings. The molecule has 82 valence electrons.